The summed E-state index contributed by atoms with van der Waals surface area (Å²) in [5.74, 6) is 0.233. The van der Waals surface area contributed by atoms with E-state index in [-0.39, 0.29) is 11.8 Å². The number of aromatic nitrogens is 2. The van der Waals surface area contributed by atoms with Gasteiger partial charge in [-0.1, -0.05) is 44.2 Å². The summed E-state index contributed by atoms with van der Waals surface area (Å²) in [4.78, 5) is 36.8. The van der Waals surface area contributed by atoms with E-state index in [1.165, 1.54) is 0 Å². The molecule has 3 heterocycles. The molecule has 0 aliphatic carbocycles. The lowest BCUT2D eigenvalue weighted by Crippen LogP contribution is -2.46. The molecule has 3 aromatic rings. The van der Waals surface area contributed by atoms with E-state index >= 15 is 0 Å². The first-order chi connectivity index (χ1) is 16.0. The van der Waals surface area contributed by atoms with Crippen molar-refractivity contribution in [3.8, 4) is 11.1 Å². The average molecular weight is 443 g/mol. The van der Waals surface area contributed by atoms with E-state index in [0.29, 0.717) is 44.1 Å². The Balaban J connectivity index is 1.65. The topological polar surface area (TPSA) is 75.2 Å². The molecule has 4 rings (SSSR count). The van der Waals surface area contributed by atoms with Crippen molar-refractivity contribution < 1.29 is 9.59 Å². The number of carbonyl (C=O) groups excluding carboxylic acids is 2. The first-order valence-corrected chi connectivity index (χ1v) is 11.5. The summed E-state index contributed by atoms with van der Waals surface area (Å²) < 4.78 is 0. The van der Waals surface area contributed by atoms with Crippen molar-refractivity contribution in [1.29, 1.82) is 0 Å². The molecule has 1 aromatic carbocycles. The highest BCUT2D eigenvalue weighted by Crippen LogP contribution is 2.38. The average Bonchev–Trinajstić information content (AvgIpc) is 3.28. The Morgan fingerprint density at radius 1 is 1.03 bits per heavy atom. The molecule has 170 valence electrons. The predicted octanol–water partition coefficient (Wildman–Crippen LogP) is 3.99. The number of amides is 2. The van der Waals surface area contributed by atoms with Crippen LogP contribution in [-0.4, -0.2) is 46.3 Å². The number of benzene rings is 1. The number of likely N-dealkylation sites (tertiary alicyclic amines) is 1. The van der Waals surface area contributed by atoms with E-state index in [2.05, 4.69) is 41.3 Å². The highest BCUT2D eigenvalue weighted by Gasteiger charge is 2.46. The Hall–Kier alpha value is -3.54. The van der Waals surface area contributed by atoms with Crippen molar-refractivity contribution >= 4 is 11.8 Å². The van der Waals surface area contributed by atoms with Crippen LogP contribution in [0, 0.1) is 11.3 Å². The minimum Gasteiger partial charge on any atom is -0.355 e. The van der Waals surface area contributed by atoms with Crippen LogP contribution in [0.1, 0.15) is 36.3 Å². The summed E-state index contributed by atoms with van der Waals surface area (Å²) in [5, 5.41) is 3.14. The first-order valence-electron chi connectivity index (χ1n) is 11.5. The molecule has 0 saturated carbocycles. The zero-order valence-electron chi connectivity index (χ0n) is 19.2. The molecule has 1 atom stereocenters. The minimum atomic E-state index is -0.692. The lowest BCUT2D eigenvalue weighted by atomic mass is 9.78. The van der Waals surface area contributed by atoms with E-state index in [1.54, 1.807) is 35.6 Å². The molecular formula is C27H30N4O2. The number of nitrogens with one attached hydrogen (secondary N) is 1. The predicted molar refractivity (Wildman–Crippen MR) is 128 cm³/mol. The van der Waals surface area contributed by atoms with Crippen molar-refractivity contribution in [3.05, 3.63) is 84.4 Å². The van der Waals surface area contributed by atoms with Crippen LogP contribution in [0.3, 0.4) is 0 Å². The molecule has 0 bridgehead atoms. The maximum absolute atomic E-state index is 13.6. The van der Waals surface area contributed by atoms with Gasteiger partial charge in [-0.05, 0) is 59.7 Å². The number of pyridine rings is 2. The minimum absolute atomic E-state index is 0.0112. The van der Waals surface area contributed by atoms with Crippen molar-refractivity contribution in [2.45, 2.75) is 26.7 Å². The molecule has 6 nitrogen and oxygen atoms in total. The molecule has 1 unspecified atom stereocenters. The summed E-state index contributed by atoms with van der Waals surface area (Å²) in [7, 11) is 0. The number of carbonyl (C=O) groups is 2. The first kappa shape index (κ1) is 22.6. The van der Waals surface area contributed by atoms with Gasteiger partial charge in [0.05, 0.1) is 5.41 Å². The van der Waals surface area contributed by atoms with Gasteiger partial charge in [0.15, 0.2) is 0 Å². The molecule has 2 amide bonds. The molecule has 1 N–H and O–H groups in total. The fourth-order valence-electron chi connectivity index (χ4n) is 4.44. The molecule has 33 heavy (non-hydrogen) atoms. The van der Waals surface area contributed by atoms with Crippen molar-refractivity contribution in [2.24, 2.45) is 11.3 Å². The fraction of sp³-hybridized carbons (Fsp3) is 0.333. The van der Waals surface area contributed by atoms with E-state index in [0.717, 1.165) is 16.7 Å². The van der Waals surface area contributed by atoms with Crippen molar-refractivity contribution in [1.82, 2.24) is 20.2 Å². The molecule has 2 aromatic heterocycles. The summed E-state index contributed by atoms with van der Waals surface area (Å²) in [6.07, 6.45) is 6.35. The van der Waals surface area contributed by atoms with Crippen LogP contribution in [0.25, 0.3) is 11.1 Å². The molecule has 6 heteroatoms. The van der Waals surface area contributed by atoms with Crippen LogP contribution in [0.5, 0.6) is 0 Å². The number of nitrogens with zero attached hydrogens (tertiary/aromatic N) is 3. The van der Waals surface area contributed by atoms with Gasteiger partial charge in [0, 0.05) is 38.2 Å². The summed E-state index contributed by atoms with van der Waals surface area (Å²) in [5.41, 5.74) is 2.97. The number of hydrogen-bond donors (Lipinski definition) is 1. The number of hydrogen-bond acceptors (Lipinski definition) is 4. The highest BCUT2D eigenvalue weighted by molar-refractivity contribution is 5.94. The van der Waals surface area contributed by atoms with Crippen LogP contribution >= 0.6 is 0 Å². The second kappa shape index (κ2) is 9.94. The zero-order chi connectivity index (χ0) is 23.3. The molecule has 0 radical (unpaired) electrons. The fourth-order valence-corrected chi connectivity index (χ4v) is 4.44. The maximum atomic E-state index is 13.6. The molecule has 1 aliphatic heterocycles. The summed E-state index contributed by atoms with van der Waals surface area (Å²) in [6, 6.07) is 17.5. The lowest BCUT2D eigenvalue weighted by molar-refractivity contribution is -0.130. The van der Waals surface area contributed by atoms with E-state index in [4.69, 9.17) is 0 Å². The second-order valence-corrected chi connectivity index (χ2v) is 9.15. The zero-order valence-corrected chi connectivity index (χ0v) is 19.2. The summed E-state index contributed by atoms with van der Waals surface area (Å²) >= 11 is 0. The van der Waals surface area contributed by atoms with E-state index in [1.807, 2.05) is 30.3 Å². The third-order valence-electron chi connectivity index (χ3n) is 6.22. The van der Waals surface area contributed by atoms with Gasteiger partial charge < -0.3 is 10.2 Å². The van der Waals surface area contributed by atoms with Crippen LogP contribution < -0.4 is 5.32 Å². The molecule has 1 aliphatic rings. The Morgan fingerprint density at radius 3 is 2.52 bits per heavy atom. The van der Waals surface area contributed by atoms with Crippen LogP contribution in [0.2, 0.25) is 0 Å². The van der Waals surface area contributed by atoms with Gasteiger partial charge >= 0.3 is 0 Å². The molecule has 1 fully saturated rings. The van der Waals surface area contributed by atoms with Gasteiger partial charge in [-0.2, -0.15) is 0 Å². The normalized spacial score (nSPS) is 17.8. The van der Waals surface area contributed by atoms with E-state index in [9.17, 15) is 9.59 Å². The third-order valence-corrected chi connectivity index (χ3v) is 6.22. The Kier molecular flexibility index (Phi) is 6.82. The molecule has 0 spiro atoms. The maximum Gasteiger partial charge on any atom is 0.272 e. The SMILES string of the molecule is CC(C)CNC(=O)C1(Cc2ccccc2-c2ccncc2)CCN(C(=O)c2ccccn2)C1. The van der Waals surface area contributed by atoms with Crippen molar-refractivity contribution in [3.63, 3.8) is 0 Å². The third kappa shape index (κ3) is 5.11. The second-order valence-electron chi connectivity index (χ2n) is 9.15. The Labute approximate surface area is 195 Å². The largest absolute Gasteiger partial charge is 0.355 e. The molecular weight excluding hydrogens is 412 g/mol. The quantitative estimate of drug-likeness (QED) is 0.600. The number of rotatable bonds is 7. The highest BCUT2D eigenvalue weighted by atomic mass is 16.2. The van der Waals surface area contributed by atoms with Crippen LogP contribution in [-0.2, 0) is 11.2 Å². The van der Waals surface area contributed by atoms with Gasteiger partial charge in [0.25, 0.3) is 5.91 Å². The summed E-state index contributed by atoms with van der Waals surface area (Å²) in [6.45, 7) is 5.67. The smallest absolute Gasteiger partial charge is 0.272 e. The Bertz CT molecular complexity index is 1100. The monoisotopic (exact) mass is 442 g/mol. The standard InChI is InChI=1S/C27H30N4O2/c1-20(2)18-30-26(33)27(12-16-31(19-27)25(32)24-9-5-6-13-29-24)17-22-7-3-4-8-23(22)21-10-14-28-15-11-21/h3-11,13-15,20H,12,16-19H2,1-2H3,(H,30,33). The van der Waals surface area contributed by atoms with Crippen LogP contribution in [0.15, 0.2) is 73.2 Å². The van der Waals surface area contributed by atoms with Crippen molar-refractivity contribution in [2.75, 3.05) is 19.6 Å². The van der Waals surface area contributed by atoms with Crippen LogP contribution in [0.4, 0.5) is 0 Å². The van der Waals surface area contributed by atoms with Gasteiger partial charge in [-0.25, -0.2) is 0 Å². The lowest BCUT2D eigenvalue weighted by Gasteiger charge is -2.29. The van der Waals surface area contributed by atoms with Gasteiger partial charge in [-0.15, -0.1) is 0 Å². The van der Waals surface area contributed by atoms with Gasteiger partial charge in [0.1, 0.15) is 5.69 Å². The Morgan fingerprint density at radius 2 is 1.79 bits per heavy atom. The van der Waals surface area contributed by atoms with E-state index < -0.39 is 5.41 Å². The molecule has 1 saturated heterocycles. The van der Waals surface area contributed by atoms with Gasteiger partial charge in [0.2, 0.25) is 5.91 Å². The van der Waals surface area contributed by atoms with Gasteiger partial charge in [-0.3, -0.25) is 19.6 Å².